The number of amides is 2. The molecule has 1 aromatic carbocycles. The van der Waals surface area contributed by atoms with Crippen molar-refractivity contribution in [2.24, 2.45) is 0 Å². The van der Waals surface area contributed by atoms with Crippen LogP contribution in [0.3, 0.4) is 0 Å². The van der Waals surface area contributed by atoms with Crippen molar-refractivity contribution in [2.75, 3.05) is 33.7 Å². The van der Waals surface area contributed by atoms with E-state index in [1.54, 1.807) is 19.0 Å². The number of likely N-dealkylation sites (tertiary alicyclic amines) is 1. The zero-order valence-corrected chi connectivity index (χ0v) is 15.6. The molecule has 2 N–H and O–H groups in total. The quantitative estimate of drug-likeness (QED) is 0.813. The second kappa shape index (κ2) is 8.45. The molecule has 0 spiro atoms. The number of benzene rings is 1. The van der Waals surface area contributed by atoms with Gasteiger partial charge in [0, 0.05) is 27.2 Å². The van der Waals surface area contributed by atoms with E-state index in [0.29, 0.717) is 32.5 Å². The van der Waals surface area contributed by atoms with E-state index in [9.17, 15) is 14.7 Å². The summed E-state index contributed by atoms with van der Waals surface area (Å²) in [6, 6.07) is 5.82. The number of nitrogens with one attached hydrogen (secondary N) is 1. The largest absolute Gasteiger partial charge is 0.390 e. The highest BCUT2D eigenvalue weighted by molar-refractivity contribution is 5.79. The van der Waals surface area contributed by atoms with Crippen LogP contribution in [0.4, 0.5) is 0 Å². The van der Waals surface area contributed by atoms with Gasteiger partial charge in [0.1, 0.15) is 0 Å². The van der Waals surface area contributed by atoms with Gasteiger partial charge in [-0.05, 0) is 31.4 Å². The third-order valence-corrected chi connectivity index (χ3v) is 4.73. The summed E-state index contributed by atoms with van der Waals surface area (Å²) >= 11 is 0. The Hall–Kier alpha value is -1.92. The number of likely N-dealkylation sites (N-methyl/N-ethyl adjacent to an activating group) is 1. The van der Waals surface area contributed by atoms with E-state index in [1.807, 2.05) is 36.9 Å². The van der Waals surface area contributed by atoms with Crippen molar-refractivity contribution < 1.29 is 14.7 Å². The van der Waals surface area contributed by atoms with Crippen LogP contribution >= 0.6 is 0 Å². The molecule has 25 heavy (non-hydrogen) atoms. The highest BCUT2D eigenvalue weighted by Crippen LogP contribution is 2.14. The lowest BCUT2D eigenvalue weighted by Gasteiger charge is -2.36. The number of aliphatic hydroxyl groups is 1. The van der Waals surface area contributed by atoms with E-state index in [-0.39, 0.29) is 17.9 Å². The third-order valence-electron chi connectivity index (χ3n) is 4.73. The number of aliphatic hydroxyl groups excluding tert-OH is 1. The molecule has 1 heterocycles. The monoisotopic (exact) mass is 347 g/mol. The normalized spacial score (nSPS) is 21.0. The Labute approximate surface area is 149 Å². The van der Waals surface area contributed by atoms with Gasteiger partial charge in [-0.3, -0.25) is 14.5 Å². The van der Waals surface area contributed by atoms with E-state index in [1.165, 1.54) is 0 Å². The summed E-state index contributed by atoms with van der Waals surface area (Å²) in [5.41, 5.74) is 3.24. The lowest BCUT2D eigenvalue weighted by molar-refractivity contribution is -0.131. The standard InChI is InChI=1S/C19H29N3O3/c1-13-5-6-14(2)15(9-13)10-18(24)20-16-7-8-22(11-17(16)23)12-19(25)21(3)4/h5-6,9,16-17,23H,7-8,10-12H2,1-4H3,(H,20,24)/t16-,17-/m1/s1. The van der Waals surface area contributed by atoms with Crippen LogP contribution < -0.4 is 5.32 Å². The first kappa shape index (κ1) is 19.4. The van der Waals surface area contributed by atoms with E-state index >= 15 is 0 Å². The van der Waals surface area contributed by atoms with Crippen molar-refractivity contribution in [1.82, 2.24) is 15.1 Å². The Kier molecular flexibility index (Phi) is 6.56. The SMILES string of the molecule is Cc1ccc(C)c(CC(=O)N[C@@H]2CCN(CC(=O)N(C)C)C[C@H]2O)c1. The number of β-amino-alcohol motifs (C(OH)–C–C–N with tert-alkyl or cyclic N) is 1. The topological polar surface area (TPSA) is 72.9 Å². The molecule has 6 heteroatoms. The van der Waals surface area contributed by atoms with Crippen molar-refractivity contribution in [3.05, 3.63) is 34.9 Å². The highest BCUT2D eigenvalue weighted by atomic mass is 16.3. The zero-order valence-electron chi connectivity index (χ0n) is 15.6. The molecule has 1 aliphatic rings. The number of rotatable bonds is 5. The van der Waals surface area contributed by atoms with Crippen LogP contribution in [-0.2, 0) is 16.0 Å². The molecule has 2 rings (SSSR count). The molecule has 0 unspecified atom stereocenters. The van der Waals surface area contributed by atoms with Gasteiger partial charge < -0.3 is 15.3 Å². The Morgan fingerprint density at radius 1 is 1.32 bits per heavy atom. The number of piperidine rings is 1. The Morgan fingerprint density at radius 2 is 2.04 bits per heavy atom. The molecule has 1 saturated heterocycles. The maximum Gasteiger partial charge on any atom is 0.236 e. The molecule has 138 valence electrons. The van der Waals surface area contributed by atoms with Crippen molar-refractivity contribution >= 4 is 11.8 Å². The molecular weight excluding hydrogens is 318 g/mol. The summed E-state index contributed by atoms with van der Waals surface area (Å²) < 4.78 is 0. The van der Waals surface area contributed by atoms with Gasteiger partial charge in [0.25, 0.3) is 0 Å². The first-order valence-electron chi connectivity index (χ1n) is 8.72. The van der Waals surface area contributed by atoms with Gasteiger partial charge in [-0.2, -0.15) is 0 Å². The molecular formula is C19H29N3O3. The van der Waals surface area contributed by atoms with Crippen LogP contribution in [0.2, 0.25) is 0 Å². The molecule has 1 fully saturated rings. The fraction of sp³-hybridized carbons (Fsp3) is 0.579. The second-order valence-corrected chi connectivity index (χ2v) is 7.16. The molecule has 0 saturated carbocycles. The van der Waals surface area contributed by atoms with Gasteiger partial charge in [0.15, 0.2) is 0 Å². The molecule has 6 nitrogen and oxygen atoms in total. The molecule has 0 aliphatic carbocycles. The van der Waals surface area contributed by atoms with Crippen molar-refractivity contribution in [2.45, 2.75) is 38.8 Å². The minimum Gasteiger partial charge on any atom is -0.390 e. The van der Waals surface area contributed by atoms with Crippen molar-refractivity contribution in [1.29, 1.82) is 0 Å². The van der Waals surface area contributed by atoms with Crippen LogP contribution in [0, 0.1) is 13.8 Å². The number of aryl methyl sites for hydroxylation is 2. The summed E-state index contributed by atoms with van der Waals surface area (Å²) in [6.45, 7) is 5.39. The number of carbonyl (C=O) groups excluding carboxylic acids is 2. The molecule has 2 amide bonds. The summed E-state index contributed by atoms with van der Waals surface area (Å²) in [6.07, 6.45) is 0.297. The second-order valence-electron chi connectivity index (χ2n) is 7.16. The predicted molar refractivity (Wildman–Crippen MR) is 97.3 cm³/mol. The van der Waals surface area contributed by atoms with Gasteiger partial charge in [0.05, 0.1) is 25.1 Å². The molecule has 0 bridgehead atoms. The molecule has 2 atom stereocenters. The average molecular weight is 347 g/mol. The van der Waals surface area contributed by atoms with E-state index in [0.717, 1.165) is 16.7 Å². The van der Waals surface area contributed by atoms with E-state index < -0.39 is 6.10 Å². The number of nitrogens with zero attached hydrogens (tertiary/aromatic N) is 2. The summed E-state index contributed by atoms with van der Waals surface area (Å²) in [5, 5.41) is 13.3. The molecule has 1 aliphatic heterocycles. The van der Waals surface area contributed by atoms with Crippen LogP contribution in [0.1, 0.15) is 23.1 Å². The van der Waals surface area contributed by atoms with Crippen LogP contribution in [0.25, 0.3) is 0 Å². The van der Waals surface area contributed by atoms with Gasteiger partial charge >= 0.3 is 0 Å². The number of hydrogen-bond acceptors (Lipinski definition) is 4. The highest BCUT2D eigenvalue weighted by Gasteiger charge is 2.29. The van der Waals surface area contributed by atoms with Gasteiger partial charge in [0.2, 0.25) is 11.8 Å². The van der Waals surface area contributed by atoms with Crippen molar-refractivity contribution in [3.8, 4) is 0 Å². The Balaban J connectivity index is 1.86. The van der Waals surface area contributed by atoms with Gasteiger partial charge in [-0.25, -0.2) is 0 Å². The van der Waals surface area contributed by atoms with Crippen LogP contribution in [-0.4, -0.2) is 72.6 Å². The van der Waals surface area contributed by atoms with E-state index in [2.05, 4.69) is 5.32 Å². The van der Waals surface area contributed by atoms with Crippen LogP contribution in [0.15, 0.2) is 18.2 Å². The smallest absolute Gasteiger partial charge is 0.236 e. The zero-order chi connectivity index (χ0) is 18.6. The lowest BCUT2D eigenvalue weighted by atomic mass is 9.99. The average Bonchev–Trinajstić information content (AvgIpc) is 2.53. The van der Waals surface area contributed by atoms with Crippen LogP contribution in [0.5, 0.6) is 0 Å². The van der Waals surface area contributed by atoms with Gasteiger partial charge in [-0.1, -0.05) is 23.8 Å². The lowest BCUT2D eigenvalue weighted by Crippen LogP contribution is -2.55. The Morgan fingerprint density at radius 3 is 2.68 bits per heavy atom. The minimum absolute atomic E-state index is 0.0182. The Bertz CT molecular complexity index is 630. The maximum atomic E-state index is 12.3. The minimum atomic E-state index is -0.661. The summed E-state index contributed by atoms with van der Waals surface area (Å²) in [5.74, 6) is -0.0554. The summed E-state index contributed by atoms with van der Waals surface area (Å²) in [7, 11) is 3.44. The fourth-order valence-electron chi connectivity index (χ4n) is 3.06. The first-order valence-corrected chi connectivity index (χ1v) is 8.72. The predicted octanol–water partition coefficient (Wildman–Crippen LogP) is 0.486. The third kappa shape index (κ3) is 5.54. The first-order chi connectivity index (χ1) is 11.8. The number of carbonyl (C=O) groups is 2. The number of hydrogen-bond donors (Lipinski definition) is 2. The molecule has 1 aromatic rings. The molecule has 0 radical (unpaired) electrons. The summed E-state index contributed by atoms with van der Waals surface area (Å²) in [4.78, 5) is 27.6. The maximum absolute atomic E-state index is 12.3. The fourth-order valence-corrected chi connectivity index (χ4v) is 3.06. The van der Waals surface area contributed by atoms with Crippen molar-refractivity contribution in [3.63, 3.8) is 0 Å². The molecule has 0 aromatic heterocycles. The van der Waals surface area contributed by atoms with E-state index in [4.69, 9.17) is 0 Å². The van der Waals surface area contributed by atoms with Gasteiger partial charge in [-0.15, -0.1) is 0 Å².